The summed E-state index contributed by atoms with van der Waals surface area (Å²) in [5.74, 6) is 0.818. The summed E-state index contributed by atoms with van der Waals surface area (Å²) in [5.41, 5.74) is 1.96. The van der Waals surface area contributed by atoms with Crippen LogP contribution in [0.2, 0.25) is 5.02 Å². The smallest absolute Gasteiger partial charge is 0.182 e. The third kappa shape index (κ3) is 10.7. The van der Waals surface area contributed by atoms with E-state index < -0.39 is 0 Å². The first-order valence-corrected chi connectivity index (χ1v) is 18.3. The van der Waals surface area contributed by atoms with E-state index in [1.165, 1.54) is 0 Å². The van der Waals surface area contributed by atoms with Crippen molar-refractivity contribution in [3.63, 3.8) is 0 Å². The van der Waals surface area contributed by atoms with Gasteiger partial charge in [-0.1, -0.05) is 88.4 Å². The molecule has 0 bridgehead atoms. The summed E-state index contributed by atoms with van der Waals surface area (Å²) in [6.07, 6.45) is 10.1. The molecule has 45 heavy (non-hydrogen) atoms. The molecule has 0 amide bonds. The van der Waals surface area contributed by atoms with Gasteiger partial charge in [0.2, 0.25) is 0 Å². The fourth-order valence-electron chi connectivity index (χ4n) is 5.49. The normalized spacial score (nSPS) is 23.3. The Balaban J connectivity index is 1.64. The van der Waals surface area contributed by atoms with Crippen molar-refractivity contribution in [3.05, 3.63) is 50.4 Å². The Bertz CT molecular complexity index is 1160. The third-order valence-electron chi connectivity index (χ3n) is 8.11. The van der Waals surface area contributed by atoms with Gasteiger partial charge in [-0.3, -0.25) is 0 Å². The van der Waals surface area contributed by atoms with E-state index in [4.69, 9.17) is 40.0 Å². The van der Waals surface area contributed by atoms with Crippen LogP contribution in [0.25, 0.3) is 5.76 Å². The van der Waals surface area contributed by atoms with Crippen LogP contribution in [0.4, 0.5) is 0 Å². The van der Waals surface area contributed by atoms with Crippen LogP contribution < -0.4 is 0 Å². The van der Waals surface area contributed by atoms with Crippen LogP contribution in [-0.4, -0.2) is 74.3 Å². The van der Waals surface area contributed by atoms with Gasteiger partial charge in [-0.05, 0) is 49.0 Å². The van der Waals surface area contributed by atoms with Gasteiger partial charge >= 0.3 is 0 Å². The molecule has 0 N–H and O–H groups in total. The van der Waals surface area contributed by atoms with Gasteiger partial charge in [0.1, 0.15) is 35.5 Å². The molecule has 0 radical (unpaired) electrons. The fraction of sp³-hybridized carbons (Fsp3) is 0.714. The van der Waals surface area contributed by atoms with Crippen molar-refractivity contribution in [2.75, 3.05) is 39.6 Å². The van der Waals surface area contributed by atoms with Gasteiger partial charge < -0.3 is 28.4 Å². The van der Waals surface area contributed by atoms with E-state index in [1.807, 2.05) is 12.1 Å². The molecule has 1 aromatic heterocycles. The number of unbranched alkanes of at least 4 members (excludes halogenated alkanes) is 4. The van der Waals surface area contributed by atoms with Crippen molar-refractivity contribution in [2.45, 2.75) is 122 Å². The highest BCUT2D eigenvalue weighted by atomic mass is 35.5. The van der Waals surface area contributed by atoms with E-state index in [1.54, 1.807) is 11.3 Å². The lowest BCUT2D eigenvalue weighted by Gasteiger charge is -2.46. The number of rotatable bonds is 21. The lowest BCUT2D eigenvalue weighted by Crippen LogP contribution is -2.58. The quantitative estimate of drug-likeness (QED) is 0.123. The van der Waals surface area contributed by atoms with Crippen molar-refractivity contribution in [1.29, 1.82) is 0 Å². The molecule has 10 heteroatoms. The first kappa shape index (κ1) is 36.2. The van der Waals surface area contributed by atoms with Crippen LogP contribution in [0.1, 0.15) is 113 Å². The second-order valence-corrected chi connectivity index (χ2v) is 13.3. The number of ether oxygens (including phenoxy) is 6. The molecule has 1 fully saturated rings. The molecule has 2 aromatic rings. The number of nitrogens with zero attached hydrogens (tertiary/aromatic N) is 2. The van der Waals surface area contributed by atoms with Crippen LogP contribution in [0.3, 0.4) is 0 Å². The van der Waals surface area contributed by atoms with E-state index in [2.05, 4.69) is 50.0 Å². The minimum Gasteiger partial charge on any atom is -0.490 e. The van der Waals surface area contributed by atoms with Gasteiger partial charge in [-0.25, -0.2) is 0 Å². The Kier molecular flexibility index (Phi) is 16.1. The maximum Gasteiger partial charge on any atom is 0.182 e. The molecule has 4 rings (SSSR count). The van der Waals surface area contributed by atoms with E-state index in [9.17, 15) is 0 Å². The van der Waals surface area contributed by atoms with Crippen LogP contribution >= 0.6 is 22.9 Å². The zero-order chi connectivity index (χ0) is 31.9. The third-order valence-corrected chi connectivity index (χ3v) is 9.41. The molecular weight excluding hydrogens is 612 g/mol. The second kappa shape index (κ2) is 19.9. The van der Waals surface area contributed by atoms with Crippen molar-refractivity contribution in [3.8, 4) is 0 Å². The summed E-state index contributed by atoms with van der Waals surface area (Å²) in [7, 11) is 0. The molecule has 0 unspecified atom stereocenters. The molecular formula is C35H53ClN2O6S. The molecule has 0 spiro atoms. The Morgan fingerprint density at radius 2 is 1.51 bits per heavy atom. The first-order valence-electron chi connectivity index (χ1n) is 17.1. The number of halogens is 1. The van der Waals surface area contributed by atoms with Gasteiger partial charge in [0.15, 0.2) is 10.8 Å². The SMILES string of the molecule is CCCCOC[C@H]1O[C@@H](c2ccc(Cl)c(Cc3nnc(C4=CCCO4)s3)c2)[C@H](OCCCC)[C@@H](OCCCC)[C@@H]1OCCCC. The summed E-state index contributed by atoms with van der Waals surface area (Å²) in [6, 6.07) is 6.13. The molecule has 3 heterocycles. The Hall–Kier alpha value is -1.59. The predicted octanol–water partition coefficient (Wildman–Crippen LogP) is 8.36. The average molecular weight is 665 g/mol. The van der Waals surface area contributed by atoms with Crippen molar-refractivity contribution in [1.82, 2.24) is 10.2 Å². The Morgan fingerprint density at radius 1 is 0.844 bits per heavy atom. The summed E-state index contributed by atoms with van der Waals surface area (Å²) >= 11 is 8.32. The van der Waals surface area contributed by atoms with Crippen LogP contribution in [0.15, 0.2) is 24.3 Å². The molecule has 252 valence electrons. The highest BCUT2D eigenvalue weighted by molar-refractivity contribution is 7.12. The summed E-state index contributed by atoms with van der Waals surface area (Å²) in [4.78, 5) is 0. The summed E-state index contributed by atoms with van der Waals surface area (Å²) in [6.45, 7) is 12.4. The molecule has 1 aromatic carbocycles. The molecule has 8 nitrogen and oxygen atoms in total. The van der Waals surface area contributed by atoms with Crippen molar-refractivity contribution >= 4 is 28.7 Å². The maximum atomic E-state index is 6.95. The molecule has 1 saturated heterocycles. The van der Waals surface area contributed by atoms with Crippen LogP contribution in [0, 0.1) is 0 Å². The topological polar surface area (TPSA) is 81.2 Å². The second-order valence-electron chi connectivity index (χ2n) is 11.8. The van der Waals surface area contributed by atoms with Gasteiger partial charge in [-0.2, -0.15) is 0 Å². The standard InChI is InChI=1S/C35H53ClN2O6S/c1-5-9-17-39-24-29-32(41-18-10-6-2)34(43-20-12-8-4)33(42-19-11-7-3)31(44-29)25-15-16-27(36)26(22-25)23-30-37-38-35(45-30)28-14-13-21-40-28/h14-16,22,29,31-34H,5-13,17-21,23-24H2,1-4H3/t29-,31+,32-,33+,34+/m1/s1. The van der Waals surface area contributed by atoms with Gasteiger partial charge in [0.25, 0.3) is 0 Å². The van der Waals surface area contributed by atoms with Crippen LogP contribution in [0.5, 0.6) is 0 Å². The maximum absolute atomic E-state index is 6.95. The van der Waals surface area contributed by atoms with Gasteiger partial charge in [0, 0.05) is 44.3 Å². The predicted molar refractivity (Wildman–Crippen MR) is 180 cm³/mol. The van der Waals surface area contributed by atoms with E-state index in [-0.39, 0.29) is 30.5 Å². The molecule has 0 aliphatic carbocycles. The minimum atomic E-state index is -0.377. The van der Waals surface area contributed by atoms with E-state index in [0.717, 1.165) is 84.7 Å². The number of benzene rings is 1. The highest BCUT2D eigenvalue weighted by Gasteiger charge is 2.48. The average Bonchev–Trinajstić information content (AvgIpc) is 3.75. The minimum absolute atomic E-state index is 0.295. The highest BCUT2D eigenvalue weighted by Crippen LogP contribution is 2.39. The Morgan fingerprint density at radius 3 is 2.18 bits per heavy atom. The molecule has 2 aliphatic rings. The van der Waals surface area contributed by atoms with Crippen LogP contribution in [-0.2, 0) is 34.8 Å². The first-order chi connectivity index (χ1) is 22.1. The number of hydrogen-bond acceptors (Lipinski definition) is 9. The molecule has 0 saturated carbocycles. The van der Waals surface area contributed by atoms with E-state index in [0.29, 0.717) is 51.1 Å². The summed E-state index contributed by atoms with van der Waals surface area (Å²) < 4.78 is 38.7. The number of aromatic nitrogens is 2. The largest absolute Gasteiger partial charge is 0.490 e. The Labute approximate surface area is 279 Å². The fourth-order valence-corrected chi connectivity index (χ4v) is 6.53. The molecule has 2 aliphatic heterocycles. The monoisotopic (exact) mass is 664 g/mol. The van der Waals surface area contributed by atoms with Crippen molar-refractivity contribution < 1.29 is 28.4 Å². The molecule has 5 atom stereocenters. The van der Waals surface area contributed by atoms with Gasteiger partial charge in [-0.15, -0.1) is 10.2 Å². The zero-order valence-corrected chi connectivity index (χ0v) is 29.2. The zero-order valence-electron chi connectivity index (χ0n) is 27.6. The van der Waals surface area contributed by atoms with Crippen molar-refractivity contribution in [2.24, 2.45) is 0 Å². The lowest BCUT2D eigenvalue weighted by atomic mass is 9.89. The lowest BCUT2D eigenvalue weighted by molar-refractivity contribution is -0.268. The van der Waals surface area contributed by atoms with Gasteiger partial charge in [0.05, 0.1) is 13.2 Å². The van der Waals surface area contributed by atoms with E-state index >= 15 is 0 Å². The summed E-state index contributed by atoms with van der Waals surface area (Å²) in [5, 5.41) is 11.2. The number of hydrogen-bond donors (Lipinski definition) is 0.